The molecule has 132 valence electrons. The Morgan fingerprint density at radius 2 is 1.88 bits per heavy atom. The second-order valence-electron chi connectivity index (χ2n) is 7.02. The van der Waals surface area contributed by atoms with Crippen molar-refractivity contribution in [1.82, 2.24) is 15.1 Å². The van der Waals surface area contributed by atoms with E-state index in [4.69, 9.17) is 5.11 Å². The van der Waals surface area contributed by atoms with E-state index in [1.54, 1.807) is 10.9 Å². The van der Waals surface area contributed by atoms with Crippen molar-refractivity contribution in [2.75, 3.05) is 0 Å². The second-order valence-corrected chi connectivity index (χ2v) is 7.02. The standard InChI is InChI=1S/C19H23N3O3/c1-11(2)17-16(18(23)21-14-8-13(9-14)19(24)25)10-20-22(17)15-6-4-12(3)5-7-15/h4-7,10-11,13-14H,8-9H2,1-3H3,(H,21,23)(H,24,25). The van der Waals surface area contributed by atoms with Crippen LogP contribution in [-0.4, -0.2) is 32.8 Å². The van der Waals surface area contributed by atoms with E-state index in [2.05, 4.69) is 10.4 Å². The summed E-state index contributed by atoms with van der Waals surface area (Å²) in [5, 5.41) is 16.3. The largest absolute Gasteiger partial charge is 0.481 e. The number of carbonyl (C=O) groups is 2. The Morgan fingerprint density at radius 3 is 2.44 bits per heavy atom. The monoisotopic (exact) mass is 341 g/mol. The number of aromatic nitrogens is 2. The van der Waals surface area contributed by atoms with Crippen LogP contribution in [-0.2, 0) is 4.79 Å². The fourth-order valence-electron chi connectivity index (χ4n) is 3.18. The van der Waals surface area contributed by atoms with Crippen LogP contribution in [0.1, 0.15) is 54.2 Å². The van der Waals surface area contributed by atoms with Gasteiger partial charge >= 0.3 is 5.97 Å². The van der Waals surface area contributed by atoms with Crippen LogP contribution in [0.3, 0.4) is 0 Å². The van der Waals surface area contributed by atoms with Crippen molar-refractivity contribution >= 4 is 11.9 Å². The molecule has 1 aliphatic rings. The predicted molar refractivity (Wildman–Crippen MR) is 94.0 cm³/mol. The average molecular weight is 341 g/mol. The number of nitrogens with zero attached hydrogens (tertiary/aromatic N) is 2. The summed E-state index contributed by atoms with van der Waals surface area (Å²) in [5.41, 5.74) is 3.49. The normalized spacial score (nSPS) is 19.5. The number of benzene rings is 1. The number of amides is 1. The Bertz CT molecular complexity index is 787. The number of aliphatic carboxylic acids is 1. The number of hydrogen-bond acceptors (Lipinski definition) is 3. The smallest absolute Gasteiger partial charge is 0.306 e. The quantitative estimate of drug-likeness (QED) is 0.876. The minimum atomic E-state index is -0.791. The molecular weight excluding hydrogens is 318 g/mol. The van der Waals surface area contributed by atoms with Gasteiger partial charge in [0.2, 0.25) is 0 Å². The van der Waals surface area contributed by atoms with Crippen LogP contribution < -0.4 is 5.32 Å². The topological polar surface area (TPSA) is 84.2 Å². The maximum absolute atomic E-state index is 12.6. The van der Waals surface area contributed by atoms with Gasteiger partial charge in [-0.25, -0.2) is 4.68 Å². The van der Waals surface area contributed by atoms with E-state index in [-0.39, 0.29) is 23.8 Å². The Morgan fingerprint density at radius 1 is 1.24 bits per heavy atom. The molecule has 1 heterocycles. The van der Waals surface area contributed by atoms with E-state index in [1.807, 2.05) is 45.0 Å². The maximum atomic E-state index is 12.6. The SMILES string of the molecule is Cc1ccc(-n2ncc(C(=O)NC3CC(C(=O)O)C3)c2C(C)C)cc1. The molecule has 2 aromatic rings. The second kappa shape index (κ2) is 6.70. The van der Waals surface area contributed by atoms with E-state index in [0.29, 0.717) is 18.4 Å². The maximum Gasteiger partial charge on any atom is 0.306 e. The van der Waals surface area contributed by atoms with Crippen molar-refractivity contribution < 1.29 is 14.7 Å². The number of rotatable bonds is 5. The van der Waals surface area contributed by atoms with Gasteiger partial charge in [0.15, 0.2) is 0 Å². The van der Waals surface area contributed by atoms with Gasteiger partial charge in [-0.15, -0.1) is 0 Å². The molecule has 1 saturated carbocycles. The zero-order valence-corrected chi connectivity index (χ0v) is 14.7. The van der Waals surface area contributed by atoms with Crippen LogP contribution in [0.25, 0.3) is 5.69 Å². The lowest BCUT2D eigenvalue weighted by Crippen LogP contribution is -2.46. The van der Waals surface area contributed by atoms with E-state index in [9.17, 15) is 9.59 Å². The van der Waals surface area contributed by atoms with Gasteiger partial charge in [0.1, 0.15) is 0 Å². The molecule has 0 bridgehead atoms. The van der Waals surface area contributed by atoms with E-state index >= 15 is 0 Å². The molecule has 0 spiro atoms. The van der Waals surface area contributed by atoms with Crippen molar-refractivity contribution in [2.45, 2.75) is 45.6 Å². The average Bonchev–Trinajstić information content (AvgIpc) is 2.95. The van der Waals surface area contributed by atoms with E-state index in [0.717, 1.165) is 16.9 Å². The molecule has 0 saturated heterocycles. The summed E-state index contributed by atoms with van der Waals surface area (Å²) >= 11 is 0. The molecule has 6 nitrogen and oxygen atoms in total. The highest BCUT2D eigenvalue weighted by molar-refractivity contribution is 5.95. The first kappa shape index (κ1) is 17.2. The molecule has 1 aromatic carbocycles. The van der Waals surface area contributed by atoms with E-state index in [1.165, 1.54) is 0 Å². The Hall–Kier alpha value is -2.63. The summed E-state index contributed by atoms with van der Waals surface area (Å²) in [7, 11) is 0. The zero-order valence-electron chi connectivity index (χ0n) is 14.7. The van der Waals surface area contributed by atoms with E-state index < -0.39 is 5.97 Å². The van der Waals surface area contributed by atoms with Crippen LogP contribution in [0.2, 0.25) is 0 Å². The molecule has 0 atom stereocenters. The number of carbonyl (C=O) groups excluding carboxylic acids is 1. The Labute approximate surface area is 146 Å². The lowest BCUT2D eigenvalue weighted by atomic mass is 9.80. The van der Waals surface area contributed by atoms with Gasteiger partial charge in [-0.2, -0.15) is 5.10 Å². The van der Waals surface area contributed by atoms with Crippen molar-refractivity contribution in [1.29, 1.82) is 0 Å². The first-order chi connectivity index (χ1) is 11.9. The summed E-state index contributed by atoms with van der Waals surface area (Å²) in [6.07, 6.45) is 2.58. The highest BCUT2D eigenvalue weighted by Crippen LogP contribution is 2.29. The van der Waals surface area contributed by atoms with Crippen molar-refractivity contribution in [3.63, 3.8) is 0 Å². The fraction of sp³-hybridized carbons (Fsp3) is 0.421. The minimum absolute atomic E-state index is 0.0728. The summed E-state index contributed by atoms with van der Waals surface area (Å²) in [4.78, 5) is 23.5. The highest BCUT2D eigenvalue weighted by Gasteiger charge is 2.36. The van der Waals surface area contributed by atoms with Crippen LogP contribution in [0.4, 0.5) is 0 Å². The number of carboxylic acid groups (broad SMARTS) is 1. The number of carboxylic acids is 1. The molecular formula is C19H23N3O3. The third-order valence-electron chi connectivity index (χ3n) is 4.70. The molecule has 3 rings (SSSR count). The first-order valence-electron chi connectivity index (χ1n) is 8.55. The summed E-state index contributed by atoms with van der Waals surface area (Å²) in [5.74, 6) is -1.20. The molecule has 6 heteroatoms. The van der Waals surface area contributed by atoms with Gasteiger partial charge in [0, 0.05) is 6.04 Å². The predicted octanol–water partition coefficient (Wildman–Crippen LogP) is 2.90. The molecule has 1 amide bonds. The van der Waals surface area contributed by atoms with Gasteiger partial charge in [0.05, 0.1) is 29.1 Å². The lowest BCUT2D eigenvalue weighted by molar-refractivity contribution is -0.145. The van der Waals surface area contributed by atoms with Crippen LogP contribution in [0.15, 0.2) is 30.5 Å². The highest BCUT2D eigenvalue weighted by atomic mass is 16.4. The van der Waals surface area contributed by atoms with Gasteiger partial charge in [-0.05, 0) is 37.8 Å². The third kappa shape index (κ3) is 3.43. The van der Waals surface area contributed by atoms with Crippen LogP contribution >= 0.6 is 0 Å². The van der Waals surface area contributed by atoms with Crippen molar-refractivity contribution in [3.8, 4) is 5.69 Å². The van der Waals surface area contributed by atoms with Gasteiger partial charge < -0.3 is 10.4 Å². The summed E-state index contributed by atoms with van der Waals surface area (Å²) in [6.45, 7) is 6.09. The van der Waals surface area contributed by atoms with Crippen molar-refractivity contribution in [3.05, 3.63) is 47.3 Å². The van der Waals surface area contributed by atoms with Crippen LogP contribution in [0, 0.1) is 12.8 Å². The molecule has 1 aromatic heterocycles. The zero-order chi connectivity index (χ0) is 18.1. The minimum Gasteiger partial charge on any atom is -0.481 e. The lowest BCUT2D eigenvalue weighted by Gasteiger charge is -2.32. The molecule has 1 fully saturated rings. The molecule has 25 heavy (non-hydrogen) atoms. The Kier molecular flexibility index (Phi) is 4.61. The molecule has 0 radical (unpaired) electrons. The summed E-state index contributed by atoms with van der Waals surface area (Å²) in [6, 6.07) is 7.93. The summed E-state index contributed by atoms with van der Waals surface area (Å²) < 4.78 is 1.81. The fourth-order valence-corrected chi connectivity index (χ4v) is 3.18. The molecule has 0 aliphatic heterocycles. The molecule has 0 unspecified atom stereocenters. The molecule has 2 N–H and O–H groups in total. The number of nitrogens with one attached hydrogen (secondary N) is 1. The van der Waals surface area contributed by atoms with Gasteiger partial charge in [-0.1, -0.05) is 31.5 Å². The number of hydrogen-bond donors (Lipinski definition) is 2. The Balaban J connectivity index is 1.81. The van der Waals surface area contributed by atoms with Crippen molar-refractivity contribution in [2.24, 2.45) is 5.92 Å². The van der Waals surface area contributed by atoms with Gasteiger partial charge in [0.25, 0.3) is 5.91 Å². The third-order valence-corrected chi connectivity index (χ3v) is 4.70. The molecule has 1 aliphatic carbocycles. The number of aryl methyl sites for hydroxylation is 1. The first-order valence-corrected chi connectivity index (χ1v) is 8.55. The van der Waals surface area contributed by atoms with Gasteiger partial charge in [-0.3, -0.25) is 9.59 Å². The van der Waals surface area contributed by atoms with Crippen LogP contribution in [0.5, 0.6) is 0 Å².